The molecule has 2 rings (SSSR count). The number of hydrogen-bond acceptors (Lipinski definition) is 2. The van der Waals surface area contributed by atoms with Gasteiger partial charge >= 0.3 is 0 Å². The van der Waals surface area contributed by atoms with Crippen molar-refractivity contribution < 1.29 is 9.13 Å². The third-order valence-corrected chi connectivity index (χ3v) is 3.56. The van der Waals surface area contributed by atoms with E-state index in [1.807, 2.05) is 6.07 Å². The van der Waals surface area contributed by atoms with E-state index in [0.717, 1.165) is 31.6 Å². The second-order valence-corrected chi connectivity index (χ2v) is 5.00. The molecule has 0 aromatic heterocycles. The van der Waals surface area contributed by atoms with Gasteiger partial charge in [-0.05, 0) is 42.9 Å². The van der Waals surface area contributed by atoms with E-state index >= 15 is 0 Å². The predicted molar refractivity (Wildman–Crippen MR) is 66.6 cm³/mol. The zero-order chi connectivity index (χ0) is 12.3. The molecule has 2 atom stereocenters. The fourth-order valence-electron chi connectivity index (χ4n) is 2.21. The van der Waals surface area contributed by atoms with Crippen molar-refractivity contribution in [1.82, 2.24) is 0 Å². The molecule has 0 radical (unpaired) electrons. The van der Waals surface area contributed by atoms with E-state index in [1.165, 1.54) is 6.07 Å². The van der Waals surface area contributed by atoms with Gasteiger partial charge in [0.2, 0.25) is 0 Å². The lowest BCUT2D eigenvalue weighted by Crippen LogP contribution is -2.37. The van der Waals surface area contributed by atoms with Crippen LogP contribution in [-0.4, -0.2) is 19.3 Å². The SMILES string of the molecule is NC(Cc1ccc(Cl)c(F)c1)C1CCCOC1. The van der Waals surface area contributed by atoms with Gasteiger partial charge in [0.25, 0.3) is 0 Å². The van der Waals surface area contributed by atoms with Crippen LogP contribution in [0.2, 0.25) is 5.02 Å². The van der Waals surface area contributed by atoms with E-state index in [0.29, 0.717) is 12.3 Å². The summed E-state index contributed by atoms with van der Waals surface area (Å²) in [5, 5.41) is 0.156. The molecule has 1 aromatic carbocycles. The van der Waals surface area contributed by atoms with Crippen LogP contribution in [0, 0.1) is 11.7 Å². The Morgan fingerprint density at radius 2 is 2.35 bits per heavy atom. The maximum absolute atomic E-state index is 13.3. The molecule has 1 fully saturated rings. The van der Waals surface area contributed by atoms with Gasteiger partial charge in [-0.15, -0.1) is 0 Å². The normalized spacial score (nSPS) is 22.4. The number of nitrogens with two attached hydrogens (primary N) is 1. The lowest BCUT2D eigenvalue weighted by Gasteiger charge is -2.27. The highest BCUT2D eigenvalue weighted by molar-refractivity contribution is 6.30. The largest absolute Gasteiger partial charge is 0.381 e. The van der Waals surface area contributed by atoms with Crippen LogP contribution < -0.4 is 5.73 Å². The predicted octanol–water partition coefficient (Wildman–Crippen LogP) is 2.78. The number of rotatable bonds is 3. The molecule has 1 heterocycles. The number of benzene rings is 1. The summed E-state index contributed by atoms with van der Waals surface area (Å²) in [6, 6.07) is 4.90. The molecule has 2 nitrogen and oxygen atoms in total. The van der Waals surface area contributed by atoms with Gasteiger partial charge in [-0.1, -0.05) is 17.7 Å². The molecule has 94 valence electrons. The summed E-state index contributed by atoms with van der Waals surface area (Å²) in [5.41, 5.74) is 7.03. The van der Waals surface area contributed by atoms with E-state index in [-0.39, 0.29) is 16.9 Å². The monoisotopic (exact) mass is 257 g/mol. The van der Waals surface area contributed by atoms with Gasteiger partial charge in [-0.2, -0.15) is 0 Å². The Morgan fingerprint density at radius 3 is 3.00 bits per heavy atom. The van der Waals surface area contributed by atoms with E-state index in [2.05, 4.69) is 0 Å². The lowest BCUT2D eigenvalue weighted by molar-refractivity contribution is 0.0450. The van der Waals surface area contributed by atoms with E-state index < -0.39 is 0 Å². The Labute approximate surface area is 106 Å². The van der Waals surface area contributed by atoms with Crippen LogP contribution in [0.4, 0.5) is 4.39 Å². The maximum atomic E-state index is 13.3. The first kappa shape index (κ1) is 12.8. The van der Waals surface area contributed by atoms with Crippen molar-refractivity contribution in [3.05, 3.63) is 34.6 Å². The van der Waals surface area contributed by atoms with Crippen molar-refractivity contribution >= 4 is 11.6 Å². The first-order valence-corrected chi connectivity index (χ1v) is 6.32. The van der Waals surface area contributed by atoms with Crippen LogP contribution in [0.3, 0.4) is 0 Å². The molecule has 17 heavy (non-hydrogen) atoms. The van der Waals surface area contributed by atoms with Crippen molar-refractivity contribution in [3.8, 4) is 0 Å². The van der Waals surface area contributed by atoms with Gasteiger partial charge in [0.1, 0.15) is 5.82 Å². The van der Waals surface area contributed by atoms with Crippen LogP contribution in [-0.2, 0) is 11.2 Å². The second-order valence-electron chi connectivity index (χ2n) is 4.59. The Hall–Kier alpha value is -0.640. The minimum Gasteiger partial charge on any atom is -0.381 e. The van der Waals surface area contributed by atoms with Crippen molar-refractivity contribution in [2.24, 2.45) is 11.7 Å². The quantitative estimate of drug-likeness (QED) is 0.904. The number of halogens is 2. The fourth-order valence-corrected chi connectivity index (χ4v) is 2.33. The highest BCUT2D eigenvalue weighted by Crippen LogP contribution is 2.21. The van der Waals surface area contributed by atoms with Crippen LogP contribution in [0.1, 0.15) is 18.4 Å². The topological polar surface area (TPSA) is 35.2 Å². The van der Waals surface area contributed by atoms with Crippen LogP contribution in [0.15, 0.2) is 18.2 Å². The third-order valence-electron chi connectivity index (χ3n) is 3.26. The number of ether oxygens (including phenoxy) is 1. The van der Waals surface area contributed by atoms with Gasteiger partial charge in [0.05, 0.1) is 11.6 Å². The Bertz CT molecular complexity index is 380. The van der Waals surface area contributed by atoms with Crippen molar-refractivity contribution in [2.45, 2.75) is 25.3 Å². The molecular formula is C13H17ClFNO. The molecule has 1 aliphatic heterocycles. The van der Waals surface area contributed by atoms with Crippen molar-refractivity contribution in [2.75, 3.05) is 13.2 Å². The molecule has 2 N–H and O–H groups in total. The van der Waals surface area contributed by atoms with Gasteiger partial charge in [-0.3, -0.25) is 0 Å². The van der Waals surface area contributed by atoms with Gasteiger partial charge < -0.3 is 10.5 Å². The summed E-state index contributed by atoms with van der Waals surface area (Å²) >= 11 is 5.64. The minimum absolute atomic E-state index is 0.0240. The Morgan fingerprint density at radius 1 is 1.53 bits per heavy atom. The second kappa shape index (κ2) is 5.80. The van der Waals surface area contributed by atoms with Crippen LogP contribution in [0.25, 0.3) is 0 Å². The summed E-state index contributed by atoms with van der Waals surface area (Å²) in [7, 11) is 0. The number of hydrogen-bond donors (Lipinski definition) is 1. The summed E-state index contributed by atoms with van der Waals surface area (Å²) in [6.07, 6.45) is 2.83. The minimum atomic E-state index is -0.378. The lowest BCUT2D eigenvalue weighted by atomic mass is 9.90. The average Bonchev–Trinajstić information content (AvgIpc) is 2.35. The average molecular weight is 258 g/mol. The molecule has 0 spiro atoms. The van der Waals surface area contributed by atoms with E-state index in [1.54, 1.807) is 6.07 Å². The molecule has 0 aliphatic carbocycles. The van der Waals surface area contributed by atoms with Gasteiger partial charge in [0.15, 0.2) is 0 Å². The molecule has 0 amide bonds. The van der Waals surface area contributed by atoms with Crippen LogP contribution in [0.5, 0.6) is 0 Å². The third kappa shape index (κ3) is 3.41. The first-order valence-electron chi connectivity index (χ1n) is 5.94. The molecule has 1 aliphatic rings. The standard InChI is InChI=1S/C13H17ClFNO/c14-11-4-3-9(6-12(11)15)7-13(16)10-2-1-5-17-8-10/h3-4,6,10,13H,1-2,5,7-8,16H2. The molecule has 1 aromatic rings. The highest BCUT2D eigenvalue weighted by Gasteiger charge is 2.21. The molecule has 2 unspecified atom stereocenters. The summed E-state index contributed by atoms with van der Waals surface area (Å²) < 4.78 is 18.7. The van der Waals surface area contributed by atoms with Crippen LogP contribution >= 0.6 is 11.6 Å². The van der Waals surface area contributed by atoms with Crippen molar-refractivity contribution in [1.29, 1.82) is 0 Å². The zero-order valence-electron chi connectivity index (χ0n) is 9.66. The molecular weight excluding hydrogens is 241 g/mol. The summed E-state index contributed by atoms with van der Waals surface area (Å²) in [6.45, 7) is 1.55. The Balaban J connectivity index is 1.96. The summed E-state index contributed by atoms with van der Waals surface area (Å²) in [4.78, 5) is 0. The van der Waals surface area contributed by atoms with E-state index in [4.69, 9.17) is 22.1 Å². The van der Waals surface area contributed by atoms with Gasteiger partial charge in [0, 0.05) is 12.6 Å². The zero-order valence-corrected chi connectivity index (χ0v) is 10.4. The maximum Gasteiger partial charge on any atom is 0.142 e. The smallest absolute Gasteiger partial charge is 0.142 e. The highest BCUT2D eigenvalue weighted by atomic mass is 35.5. The first-order chi connectivity index (χ1) is 8.16. The molecule has 0 bridgehead atoms. The van der Waals surface area contributed by atoms with Crippen molar-refractivity contribution in [3.63, 3.8) is 0 Å². The van der Waals surface area contributed by atoms with Gasteiger partial charge in [-0.25, -0.2) is 4.39 Å². The summed E-state index contributed by atoms with van der Waals surface area (Å²) in [5.74, 6) is -0.00116. The van der Waals surface area contributed by atoms with E-state index in [9.17, 15) is 4.39 Å². The molecule has 1 saturated heterocycles. The molecule has 0 saturated carbocycles. The molecule has 4 heteroatoms. The fraction of sp³-hybridized carbons (Fsp3) is 0.538. The Kier molecular flexibility index (Phi) is 4.37.